The molecule has 2 N–H and O–H groups in total. The van der Waals surface area contributed by atoms with E-state index in [1.54, 1.807) is 13.0 Å². The number of allylic oxidation sites excluding steroid dienone is 6. The molecule has 3 nitrogen and oxygen atoms in total. The summed E-state index contributed by atoms with van der Waals surface area (Å²) >= 11 is 0. The minimum atomic E-state index is -0.681. The zero-order chi connectivity index (χ0) is 22.8. The van der Waals surface area contributed by atoms with Crippen LogP contribution in [0.15, 0.2) is 64.9 Å². The number of rotatable bonds is 7. The fraction of sp³-hybridized carbons (Fsp3) is 0.269. The number of hydrogen-bond donors (Lipinski definition) is 2. The van der Waals surface area contributed by atoms with Crippen LogP contribution in [0.5, 0.6) is 0 Å². The normalized spacial score (nSPS) is 18.6. The lowest BCUT2D eigenvalue weighted by Gasteiger charge is -2.18. The molecular formula is C26H26F2N2O. The lowest BCUT2D eigenvalue weighted by atomic mass is 9.89. The predicted molar refractivity (Wildman–Crippen MR) is 123 cm³/mol. The largest absolute Gasteiger partial charge is 0.377 e. The van der Waals surface area contributed by atoms with Crippen LogP contribution in [0.25, 0.3) is 0 Å². The zero-order valence-corrected chi connectivity index (χ0v) is 17.6. The predicted octanol–water partition coefficient (Wildman–Crippen LogP) is 5.63. The fourth-order valence-corrected chi connectivity index (χ4v) is 3.75. The number of hydrogen-bond acceptors (Lipinski definition) is 3. The van der Waals surface area contributed by atoms with Crippen LogP contribution in [0.2, 0.25) is 0 Å². The molecule has 0 bridgehead atoms. The Labute approximate surface area is 183 Å². The Balaban J connectivity index is 2.51. The lowest BCUT2D eigenvalue weighted by molar-refractivity contribution is 0.324. The summed E-state index contributed by atoms with van der Waals surface area (Å²) in [4.78, 5) is 4.31. The van der Waals surface area contributed by atoms with E-state index in [1.165, 1.54) is 24.4 Å². The summed E-state index contributed by atoms with van der Waals surface area (Å²) in [5.41, 5.74) is 3.27. The van der Waals surface area contributed by atoms with E-state index in [4.69, 9.17) is 18.0 Å². The van der Waals surface area contributed by atoms with Gasteiger partial charge >= 0.3 is 0 Å². The number of aliphatic imine (C=N–C) groups is 1. The standard InChI is InChI=1S/C26H26F2N2O/c1-5-8-16-29-18(4)21(7-3)22-13-12-20(11-10-19(22)9-6-2)25-23(27)14-15-24(26(25)28)30-17-31/h1,3,6,8,10,14-16,20,30-31H,2,9,11-13,17H2,4H3/b16-8-,22-21+,29-18-/t20-/m0/s1. The van der Waals surface area contributed by atoms with Crippen molar-refractivity contribution >= 4 is 11.4 Å². The van der Waals surface area contributed by atoms with E-state index < -0.39 is 18.4 Å². The molecule has 160 valence electrons. The second-order valence-electron chi connectivity index (χ2n) is 7.05. The monoisotopic (exact) mass is 420 g/mol. The number of nitrogens with zero attached hydrogens (tertiary/aromatic N) is 1. The highest BCUT2D eigenvalue weighted by Crippen LogP contribution is 2.39. The van der Waals surface area contributed by atoms with E-state index in [-0.39, 0.29) is 17.2 Å². The van der Waals surface area contributed by atoms with Gasteiger partial charge in [0.1, 0.15) is 12.5 Å². The van der Waals surface area contributed by atoms with Crippen molar-refractivity contribution in [3.05, 3.63) is 77.1 Å². The third-order valence-electron chi connectivity index (χ3n) is 5.19. The Bertz CT molecular complexity index is 1030. The van der Waals surface area contributed by atoms with Crippen LogP contribution in [-0.4, -0.2) is 17.5 Å². The van der Waals surface area contributed by atoms with Gasteiger partial charge in [-0.1, -0.05) is 24.0 Å². The van der Waals surface area contributed by atoms with Crippen LogP contribution in [0.4, 0.5) is 14.5 Å². The Morgan fingerprint density at radius 1 is 1.39 bits per heavy atom. The van der Waals surface area contributed by atoms with Crippen LogP contribution in [0.3, 0.4) is 0 Å². The summed E-state index contributed by atoms with van der Waals surface area (Å²) in [6.07, 6.45) is 19.8. The van der Waals surface area contributed by atoms with Crippen molar-refractivity contribution in [3.8, 4) is 24.7 Å². The van der Waals surface area contributed by atoms with Crippen molar-refractivity contribution in [1.29, 1.82) is 0 Å². The zero-order valence-electron chi connectivity index (χ0n) is 17.6. The maximum atomic E-state index is 15.0. The molecular weight excluding hydrogens is 394 g/mol. The van der Waals surface area contributed by atoms with Gasteiger partial charge in [-0.25, -0.2) is 8.78 Å². The van der Waals surface area contributed by atoms with Gasteiger partial charge in [-0.15, -0.1) is 19.4 Å². The van der Waals surface area contributed by atoms with Crippen LogP contribution < -0.4 is 5.32 Å². The van der Waals surface area contributed by atoms with E-state index in [1.807, 2.05) is 6.08 Å². The number of halogens is 2. The van der Waals surface area contributed by atoms with Gasteiger partial charge in [0.2, 0.25) is 0 Å². The molecule has 0 spiro atoms. The third kappa shape index (κ3) is 5.81. The molecule has 1 aromatic carbocycles. The van der Waals surface area contributed by atoms with Crippen molar-refractivity contribution in [3.63, 3.8) is 0 Å². The molecule has 0 aliphatic heterocycles. The lowest BCUT2D eigenvalue weighted by Crippen LogP contribution is -2.09. The first-order valence-corrected chi connectivity index (χ1v) is 9.97. The number of terminal acetylenes is 2. The molecule has 0 fully saturated rings. The van der Waals surface area contributed by atoms with Gasteiger partial charge in [-0.2, -0.15) is 0 Å². The number of nitrogens with one attached hydrogen (secondary N) is 1. The molecule has 1 aliphatic rings. The topological polar surface area (TPSA) is 44.6 Å². The minimum absolute atomic E-state index is 0.0125. The Hall–Kier alpha value is -3.41. The molecule has 1 aromatic rings. The second-order valence-corrected chi connectivity index (χ2v) is 7.05. The van der Waals surface area contributed by atoms with Crippen LogP contribution >= 0.6 is 0 Å². The summed E-state index contributed by atoms with van der Waals surface area (Å²) in [7, 11) is 0. The first-order chi connectivity index (χ1) is 15.0. The molecule has 2 rings (SSSR count). The maximum Gasteiger partial charge on any atom is 0.152 e. The molecule has 1 atom stereocenters. The smallest absolute Gasteiger partial charge is 0.152 e. The molecule has 0 saturated heterocycles. The Morgan fingerprint density at radius 2 is 2.16 bits per heavy atom. The molecule has 31 heavy (non-hydrogen) atoms. The average Bonchev–Trinajstić information content (AvgIpc) is 2.95. The van der Waals surface area contributed by atoms with E-state index in [2.05, 4.69) is 28.7 Å². The molecule has 0 saturated carbocycles. The van der Waals surface area contributed by atoms with Crippen molar-refractivity contribution in [2.45, 2.75) is 38.5 Å². The summed E-state index contributed by atoms with van der Waals surface area (Å²) in [5.74, 6) is 3.43. The van der Waals surface area contributed by atoms with Gasteiger partial charge in [-0.05, 0) is 61.8 Å². The molecule has 0 aromatic heterocycles. The van der Waals surface area contributed by atoms with Crippen LogP contribution in [0.1, 0.15) is 44.1 Å². The summed E-state index contributed by atoms with van der Waals surface area (Å²) in [6, 6.07) is 2.50. The van der Waals surface area contributed by atoms with E-state index in [9.17, 15) is 8.78 Å². The molecule has 1 aliphatic carbocycles. The van der Waals surface area contributed by atoms with Crippen molar-refractivity contribution in [1.82, 2.24) is 0 Å². The van der Waals surface area contributed by atoms with Gasteiger partial charge in [0.25, 0.3) is 0 Å². The van der Waals surface area contributed by atoms with Crippen molar-refractivity contribution in [2.24, 2.45) is 4.99 Å². The third-order valence-corrected chi connectivity index (χ3v) is 5.19. The number of aliphatic hydroxyl groups excluding tert-OH is 1. The first kappa shape index (κ1) is 23.9. The molecule has 0 heterocycles. The maximum absolute atomic E-state index is 15.0. The van der Waals surface area contributed by atoms with Crippen molar-refractivity contribution in [2.75, 3.05) is 12.0 Å². The van der Waals surface area contributed by atoms with Gasteiger partial charge < -0.3 is 10.4 Å². The van der Waals surface area contributed by atoms with Crippen LogP contribution in [-0.2, 0) is 0 Å². The molecule has 5 heteroatoms. The van der Waals surface area contributed by atoms with E-state index >= 15 is 0 Å². The van der Waals surface area contributed by atoms with E-state index in [0.717, 1.165) is 11.1 Å². The summed E-state index contributed by atoms with van der Waals surface area (Å²) in [6.45, 7) is 5.18. The molecule has 0 unspecified atom stereocenters. The Morgan fingerprint density at radius 3 is 2.81 bits per heavy atom. The minimum Gasteiger partial charge on any atom is -0.377 e. The number of benzene rings is 1. The van der Waals surface area contributed by atoms with Gasteiger partial charge in [0.05, 0.1) is 11.4 Å². The van der Waals surface area contributed by atoms with Gasteiger partial charge in [-0.3, -0.25) is 4.99 Å². The first-order valence-electron chi connectivity index (χ1n) is 9.97. The Kier molecular flexibility index (Phi) is 9.00. The number of anilines is 1. The average molecular weight is 421 g/mol. The summed E-state index contributed by atoms with van der Waals surface area (Å²) in [5, 5.41) is 11.6. The molecule has 0 radical (unpaired) electrons. The second kappa shape index (κ2) is 11.7. The van der Waals surface area contributed by atoms with E-state index in [0.29, 0.717) is 37.0 Å². The fourth-order valence-electron chi connectivity index (χ4n) is 3.75. The SMILES string of the molecule is C#C\C=C/N=C(C)\C(C#C)=C1/CC[C@@H](c2c(F)ccc(NCO)c2F)CC=C1CC=C. The van der Waals surface area contributed by atoms with Gasteiger partial charge in [0.15, 0.2) is 5.82 Å². The highest BCUT2D eigenvalue weighted by molar-refractivity contribution is 6.03. The highest BCUT2D eigenvalue weighted by atomic mass is 19.1. The number of aliphatic hydroxyl groups is 1. The van der Waals surface area contributed by atoms with Crippen molar-refractivity contribution < 1.29 is 13.9 Å². The quantitative estimate of drug-likeness (QED) is 0.260. The highest BCUT2D eigenvalue weighted by Gasteiger charge is 2.26. The van der Waals surface area contributed by atoms with Crippen LogP contribution in [0, 0.1) is 36.3 Å². The molecule has 0 amide bonds. The van der Waals surface area contributed by atoms with Gasteiger partial charge in [0, 0.05) is 23.4 Å². The summed E-state index contributed by atoms with van der Waals surface area (Å²) < 4.78 is 29.6.